The number of benzene rings is 1. The average molecular weight is 336 g/mol. The molecular weight excluding hydrogens is 318 g/mol. The van der Waals surface area contributed by atoms with E-state index < -0.39 is 0 Å². The van der Waals surface area contributed by atoms with Crippen LogP contribution >= 0.6 is 15.9 Å². The first-order chi connectivity index (χ1) is 9.81. The van der Waals surface area contributed by atoms with Crippen LogP contribution in [0.15, 0.2) is 16.6 Å². The Morgan fingerprint density at radius 1 is 1.10 bits per heavy atom. The number of halogens is 1. The highest BCUT2D eigenvalue weighted by Crippen LogP contribution is 2.65. The van der Waals surface area contributed by atoms with Gasteiger partial charge in [0.2, 0.25) is 6.79 Å². The fourth-order valence-electron chi connectivity index (χ4n) is 4.92. The Kier molecular flexibility index (Phi) is 2.46. The molecule has 1 N–H and O–H groups in total. The van der Waals surface area contributed by atoms with Crippen molar-refractivity contribution >= 4 is 15.9 Å². The van der Waals surface area contributed by atoms with Gasteiger partial charge in [-0.2, -0.15) is 0 Å². The molecular formula is C16H18BrNO2. The summed E-state index contributed by atoms with van der Waals surface area (Å²) in [6.45, 7) is 1.27. The van der Waals surface area contributed by atoms with Crippen LogP contribution in [0.4, 0.5) is 0 Å². The molecule has 0 saturated heterocycles. The first-order valence-electron chi connectivity index (χ1n) is 7.62. The van der Waals surface area contributed by atoms with Crippen molar-refractivity contribution < 1.29 is 9.47 Å². The summed E-state index contributed by atoms with van der Waals surface area (Å²) in [5, 5.41) is 3.78. The predicted molar refractivity (Wildman–Crippen MR) is 78.7 cm³/mol. The third-order valence-corrected chi connectivity index (χ3v) is 6.54. The highest BCUT2D eigenvalue weighted by molar-refractivity contribution is 9.10. The van der Waals surface area contributed by atoms with Crippen LogP contribution in [-0.4, -0.2) is 12.8 Å². The lowest BCUT2D eigenvalue weighted by molar-refractivity contribution is 0.174. The van der Waals surface area contributed by atoms with Gasteiger partial charge in [0, 0.05) is 17.1 Å². The largest absolute Gasteiger partial charge is 0.454 e. The summed E-state index contributed by atoms with van der Waals surface area (Å²) in [7, 11) is 0. The van der Waals surface area contributed by atoms with E-state index in [2.05, 4.69) is 27.3 Å². The number of hydrogen-bond acceptors (Lipinski definition) is 3. The van der Waals surface area contributed by atoms with E-state index in [0.29, 0.717) is 6.79 Å². The van der Waals surface area contributed by atoms with Gasteiger partial charge < -0.3 is 14.8 Å². The van der Waals surface area contributed by atoms with Gasteiger partial charge >= 0.3 is 0 Å². The quantitative estimate of drug-likeness (QED) is 0.919. The zero-order valence-electron chi connectivity index (χ0n) is 11.3. The normalized spacial score (nSPS) is 39.1. The van der Waals surface area contributed by atoms with Crippen LogP contribution in [0.5, 0.6) is 11.5 Å². The van der Waals surface area contributed by atoms with Crippen molar-refractivity contribution in [2.45, 2.75) is 31.8 Å². The molecule has 3 saturated carbocycles. The van der Waals surface area contributed by atoms with E-state index >= 15 is 0 Å². The second-order valence-corrected chi connectivity index (χ2v) is 7.55. The summed E-state index contributed by atoms with van der Waals surface area (Å²) in [6.07, 6.45) is 4.48. The van der Waals surface area contributed by atoms with Crippen LogP contribution in [0, 0.1) is 23.7 Å². The van der Waals surface area contributed by atoms with Gasteiger partial charge in [-0.1, -0.05) is 15.9 Å². The highest BCUT2D eigenvalue weighted by atomic mass is 79.9. The summed E-state index contributed by atoms with van der Waals surface area (Å²) >= 11 is 3.64. The highest BCUT2D eigenvalue weighted by Gasteiger charge is 2.64. The minimum Gasteiger partial charge on any atom is -0.454 e. The molecule has 4 heteroatoms. The minimum atomic E-state index is 0.342. The van der Waals surface area contributed by atoms with Gasteiger partial charge in [0.1, 0.15) is 0 Å². The Morgan fingerprint density at radius 3 is 2.55 bits per heavy atom. The maximum atomic E-state index is 5.46. The van der Waals surface area contributed by atoms with Crippen molar-refractivity contribution in [1.82, 2.24) is 5.32 Å². The molecule has 1 aliphatic heterocycles. The smallest absolute Gasteiger partial charge is 0.231 e. The standard InChI is InChI=1S/C16H18BrNO2/c17-11-5-13-12(19-7-20-13)4-10(11)6-18-16-14-8-1-2-9(3-8)15(14)16/h4-5,8-9,14-16,18H,1-3,6-7H2. The summed E-state index contributed by atoms with van der Waals surface area (Å²) in [5.74, 6) is 5.76. The zero-order valence-corrected chi connectivity index (χ0v) is 12.9. The lowest BCUT2D eigenvalue weighted by Gasteiger charge is -2.12. The van der Waals surface area contributed by atoms with Gasteiger partial charge in [0.15, 0.2) is 11.5 Å². The number of rotatable bonds is 3. The maximum absolute atomic E-state index is 5.46. The van der Waals surface area contributed by atoms with Crippen molar-refractivity contribution in [3.05, 3.63) is 22.2 Å². The van der Waals surface area contributed by atoms with Crippen molar-refractivity contribution in [1.29, 1.82) is 0 Å². The van der Waals surface area contributed by atoms with Gasteiger partial charge in [-0.15, -0.1) is 0 Å². The van der Waals surface area contributed by atoms with Crippen LogP contribution in [-0.2, 0) is 6.54 Å². The number of hydrogen-bond donors (Lipinski definition) is 1. The number of nitrogens with one attached hydrogen (secondary N) is 1. The number of ether oxygens (including phenoxy) is 2. The van der Waals surface area contributed by atoms with E-state index in [1.54, 1.807) is 0 Å². The summed E-state index contributed by atoms with van der Waals surface area (Å²) < 4.78 is 12.0. The molecule has 1 heterocycles. The van der Waals surface area contributed by atoms with E-state index in [9.17, 15) is 0 Å². The first kappa shape index (κ1) is 11.9. The molecule has 106 valence electrons. The van der Waals surface area contributed by atoms with Gasteiger partial charge in [-0.25, -0.2) is 0 Å². The Hall–Kier alpha value is -0.740. The monoisotopic (exact) mass is 335 g/mol. The van der Waals surface area contributed by atoms with E-state index in [1.807, 2.05) is 6.07 Å². The van der Waals surface area contributed by atoms with E-state index in [1.165, 1.54) is 24.8 Å². The molecule has 0 aromatic heterocycles. The average Bonchev–Trinajstić information content (AvgIpc) is 2.85. The van der Waals surface area contributed by atoms with Crippen LogP contribution < -0.4 is 14.8 Å². The SMILES string of the molecule is Brc1cc2c(cc1CNC1C3C4CCC(C4)C13)OCO2. The Labute approximate surface area is 127 Å². The molecule has 0 spiro atoms. The first-order valence-corrected chi connectivity index (χ1v) is 8.42. The minimum absolute atomic E-state index is 0.342. The molecule has 1 aromatic rings. The zero-order chi connectivity index (χ0) is 13.3. The topological polar surface area (TPSA) is 30.5 Å². The third-order valence-electron chi connectivity index (χ3n) is 5.81. The third kappa shape index (κ3) is 1.61. The van der Waals surface area contributed by atoms with Gasteiger partial charge in [-0.05, 0) is 60.6 Å². The van der Waals surface area contributed by atoms with Gasteiger partial charge in [-0.3, -0.25) is 0 Å². The molecule has 5 rings (SSSR count). The van der Waals surface area contributed by atoms with Crippen LogP contribution in [0.3, 0.4) is 0 Å². The second-order valence-electron chi connectivity index (χ2n) is 6.69. The van der Waals surface area contributed by atoms with E-state index in [4.69, 9.17) is 9.47 Å². The maximum Gasteiger partial charge on any atom is 0.231 e. The molecule has 3 nitrogen and oxygen atoms in total. The molecule has 0 radical (unpaired) electrons. The van der Waals surface area contributed by atoms with Crippen molar-refractivity contribution in [3.63, 3.8) is 0 Å². The van der Waals surface area contributed by atoms with E-state index in [0.717, 1.165) is 52.2 Å². The van der Waals surface area contributed by atoms with Crippen molar-refractivity contribution in [2.75, 3.05) is 6.79 Å². The number of fused-ring (bicyclic) bond motifs is 6. The molecule has 20 heavy (non-hydrogen) atoms. The summed E-state index contributed by atoms with van der Waals surface area (Å²) in [4.78, 5) is 0. The van der Waals surface area contributed by atoms with Crippen LogP contribution in [0.1, 0.15) is 24.8 Å². The lowest BCUT2D eigenvalue weighted by Crippen LogP contribution is -2.22. The molecule has 1 aromatic carbocycles. The van der Waals surface area contributed by atoms with E-state index in [-0.39, 0.29) is 0 Å². The van der Waals surface area contributed by atoms with Crippen LogP contribution in [0.2, 0.25) is 0 Å². The molecule has 4 unspecified atom stereocenters. The Morgan fingerprint density at radius 2 is 1.80 bits per heavy atom. The van der Waals surface area contributed by atoms with Crippen LogP contribution in [0.25, 0.3) is 0 Å². The van der Waals surface area contributed by atoms with Gasteiger partial charge in [0.25, 0.3) is 0 Å². The van der Waals surface area contributed by atoms with Gasteiger partial charge in [0.05, 0.1) is 0 Å². The fraction of sp³-hybridized carbons (Fsp3) is 0.625. The molecule has 4 aliphatic rings. The summed E-state index contributed by atoms with van der Waals surface area (Å²) in [5.41, 5.74) is 1.27. The lowest BCUT2D eigenvalue weighted by atomic mass is 10.0. The second kappa shape index (κ2) is 4.14. The Bertz CT molecular complexity index is 560. The molecule has 4 atom stereocenters. The molecule has 3 fully saturated rings. The Balaban J connectivity index is 1.29. The fourth-order valence-corrected chi connectivity index (χ4v) is 5.38. The van der Waals surface area contributed by atoms with Crippen molar-refractivity contribution in [3.8, 4) is 11.5 Å². The molecule has 3 aliphatic carbocycles. The molecule has 2 bridgehead atoms. The molecule has 0 amide bonds. The predicted octanol–water partition coefficient (Wildman–Crippen LogP) is 3.31. The summed E-state index contributed by atoms with van der Waals surface area (Å²) in [6, 6.07) is 4.90. The van der Waals surface area contributed by atoms with Crippen molar-refractivity contribution in [2.24, 2.45) is 23.7 Å².